The molecule has 0 aliphatic rings. The molecule has 3 aromatic heterocycles. The van der Waals surface area contributed by atoms with Gasteiger partial charge in [0, 0.05) is 50.0 Å². The first-order valence-corrected chi connectivity index (χ1v) is 10.3. The molecule has 0 aliphatic carbocycles. The number of hydrogen-bond acceptors (Lipinski definition) is 4. The summed E-state index contributed by atoms with van der Waals surface area (Å²) >= 11 is 0. The number of aromatic hydroxyl groups is 1. The van der Waals surface area contributed by atoms with Gasteiger partial charge in [0.1, 0.15) is 17.1 Å². The van der Waals surface area contributed by atoms with E-state index in [1.165, 1.54) is 0 Å². The second kappa shape index (κ2) is 8.34. The largest absolute Gasteiger partial charge is 0.506 e. The van der Waals surface area contributed by atoms with E-state index in [2.05, 4.69) is 38.8 Å². The van der Waals surface area contributed by atoms with Crippen molar-refractivity contribution < 1.29 is 30.9 Å². The topological polar surface area (TPSA) is 60.2 Å². The number of aryl methyl sites for hydroxylation is 1. The summed E-state index contributed by atoms with van der Waals surface area (Å²) < 4.78 is 8.14. The number of benzene rings is 3. The van der Waals surface area contributed by atoms with Crippen LogP contribution in [0, 0.1) is 13.0 Å². The van der Waals surface area contributed by atoms with Crippen molar-refractivity contribution in [3.8, 4) is 23.2 Å². The first-order valence-electron chi connectivity index (χ1n) is 10.3. The van der Waals surface area contributed by atoms with Gasteiger partial charge in [0.2, 0.25) is 5.88 Å². The normalized spacial score (nSPS) is 11.1. The molecular formula is C27H18N3O2Pt-. The molecule has 0 radical (unpaired) electrons. The standard InChI is InChI=1S/C27H18N3O2.Pt/c1-17-9-13-25(28-16-17)30-22-7-3-2-6-20(22)21-12-11-19(15-23(21)30)32-26-14-10-18-5-4-8-24(31)27(18)29-26;/h2-14,16,31H,1H3;/q-1;. The molecule has 6 aromatic rings. The van der Waals surface area contributed by atoms with Crippen molar-refractivity contribution in [2.75, 3.05) is 0 Å². The van der Waals surface area contributed by atoms with E-state index in [0.717, 1.165) is 38.6 Å². The maximum atomic E-state index is 10.1. The van der Waals surface area contributed by atoms with Crippen molar-refractivity contribution in [2.24, 2.45) is 0 Å². The monoisotopic (exact) mass is 611 g/mol. The molecule has 0 atom stereocenters. The van der Waals surface area contributed by atoms with Gasteiger partial charge in [-0.3, -0.25) is 0 Å². The number of phenolic OH excluding ortho intramolecular Hbond substituents is 1. The molecule has 1 N–H and O–H groups in total. The fourth-order valence-corrected chi connectivity index (χ4v) is 4.05. The fraction of sp³-hybridized carbons (Fsp3) is 0.0370. The maximum absolute atomic E-state index is 10.1. The summed E-state index contributed by atoms with van der Waals surface area (Å²) in [7, 11) is 0. The molecule has 3 aromatic carbocycles. The Morgan fingerprint density at radius 1 is 0.879 bits per heavy atom. The van der Waals surface area contributed by atoms with E-state index in [1.54, 1.807) is 18.2 Å². The van der Waals surface area contributed by atoms with Gasteiger partial charge in [-0.25, -0.2) is 9.97 Å². The van der Waals surface area contributed by atoms with Crippen LogP contribution in [0.25, 0.3) is 38.5 Å². The van der Waals surface area contributed by atoms with Gasteiger partial charge in [0.15, 0.2) is 0 Å². The molecular weight excluding hydrogens is 593 g/mol. The molecule has 0 bridgehead atoms. The summed E-state index contributed by atoms with van der Waals surface area (Å²) in [6, 6.07) is 28.6. The Hall–Kier alpha value is -3.69. The molecule has 164 valence electrons. The number of pyridine rings is 2. The minimum absolute atomic E-state index is 0. The van der Waals surface area contributed by atoms with Crippen molar-refractivity contribution in [3.05, 3.63) is 96.7 Å². The van der Waals surface area contributed by atoms with Crippen LogP contribution in [-0.2, 0) is 21.1 Å². The molecule has 0 amide bonds. The van der Waals surface area contributed by atoms with Crippen LogP contribution < -0.4 is 4.74 Å². The first-order chi connectivity index (χ1) is 15.7. The Kier molecular flexibility index (Phi) is 5.35. The number of rotatable bonds is 3. The third-order valence-electron chi connectivity index (χ3n) is 5.57. The van der Waals surface area contributed by atoms with Crippen LogP contribution in [0.4, 0.5) is 0 Å². The van der Waals surface area contributed by atoms with Gasteiger partial charge >= 0.3 is 0 Å². The van der Waals surface area contributed by atoms with E-state index >= 15 is 0 Å². The number of nitrogens with zero attached hydrogens (tertiary/aromatic N) is 3. The Morgan fingerprint density at radius 3 is 2.61 bits per heavy atom. The smallest absolute Gasteiger partial charge is 0.217 e. The Bertz CT molecular complexity index is 1620. The van der Waals surface area contributed by atoms with Crippen LogP contribution in [0.5, 0.6) is 17.4 Å². The van der Waals surface area contributed by atoms with Gasteiger partial charge in [-0.15, -0.1) is 17.5 Å². The van der Waals surface area contributed by atoms with E-state index in [-0.39, 0.29) is 26.8 Å². The molecule has 6 rings (SSSR count). The second-order valence-electron chi connectivity index (χ2n) is 7.73. The summed E-state index contributed by atoms with van der Waals surface area (Å²) in [5, 5.41) is 13.2. The summed E-state index contributed by atoms with van der Waals surface area (Å²) in [6.45, 7) is 2.02. The maximum Gasteiger partial charge on any atom is 0.217 e. The molecule has 0 fully saturated rings. The SMILES string of the molecule is Cc1ccc(-n2c3[c-]c(Oc4ccc5cccc(O)c5n4)ccc3c3ccccc32)nc1.[Pt]. The Labute approximate surface area is 204 Å². The minimum atomic E-state index is 0. The zero-order chi connectivity index (χ0) is 21.7. The summed E-state index contributed by atoms with van der Waals surface area (Å²) in [5.74, 6) is 1.88. The predicted molar refractivity (Wildman–Crippen MR) is 126 cm³/mol. The van der Waals surface area contributed by atoms with E-state index in [0.29, 0.717) is 17.1 Å². The third kappa shape index (κ3) is 3.65. The predicted octanol–water partition coefficient (Wildman–Crippen LogP) is 6.33. The van der Waals surface area contributed by atoms with Crippen LogP contribution >= 0.6 is 0 Å². The van der Waals surface area contributed by atoms with E-state index in [9.17, 15) is 5.11 Å². The zero-order valence-corrected chi connectivity index (χ0v) is 19.9. The van der Waals surface area contributed by atoms with Crippen molar-refractivity contribution in [3.63, 3.8) is 0 Å². The molecule has 5 nitrogen and oxygen atoms in total. The second-order valence-corrected chi connectivity index (χ2v) is 7.73. The van der Waals surface area contributed by atoms with Gasteiger partial charge < -0.3 is 14.4 Å². The number of phenols is 1. The van der Waals surface area contributed by atoms with Crippen molar-refractivity contribution in [1.29, 1.82) is 0 Å². The fourth-order valence-electron chi connectivity index (χ4n) is 4.05. The number of fused-ring (bicyclic) bond motifs is 4. The molecule has 0 saturated heterocycles. The molecule has 0 aliphatic heterocycles. The summed E-state index contributed by atoms with van der Waals surface area (Å²) in [4.78, 5) is 9.11. The van der Waals surface area contributed by atoms with Crippen LogP contribution in [0.15, 0.2) is 85.1 Å². The van der Waals surface area contributed by atoms with Crippen molar-refractivity contribution >= 4 is 32.7 Å². The van der Waals surface area contributed by atoms with Crippen LogP contribution in [0.1, 0.15) is 5.56 Å². The van der Waals surface area contributed by atoms with Crippen LogP contribution in [0.3, 0.4) is 0 Å². The number of hydrogen-bond donors (Lipinski definition) is 1. The molecule has 6 heteroatoms. The van der Waals surface area contributed by atoms with Crippen LogP contribution in [-0.4, -0.2) is 19.6 Å². The van der Waals surface area contributed by atoms with Gasteiger partial charge in [-0.2, -0.15) is 6.07 Å². The third-order valence-corrected chi connectivity index (χ3v) is 5.57. The molecule has 0 spiro atoms. The van der Waals surface area contributed by atoms with Gasteiger partial charge in [0.05, 0.1) is 0 Å². The Balaban J connectivity index is 0.00000228. The van der Waals surface area contributed by atoms with Gasteiger partial charge in [0.25, 0.3) is 0 Å². The number of ether oxygens (including phenoxy) is 1. The molecule has 33 heavy (non-hydrogen) atoms. The first kappa shape index (κ1) is 21.2. The van der Waals surface area contributed by atoms with E-state index < -0.39 is 0 Å². The number of para-hydroxylation sites is 2. The summed E-state index contributed by atoms with van der Waals surface area (Å²) in [6.07, 6.45) is 1.86. The average Bonchev–Trinajstić information content (AvgIpc) is 3.14. The van der Waals surface area contributed by atoms with E-state index in [1.807, 2.05) is 55.6 Å². The summed E-state index contributed by atoms with van der Waals surface area (Å²) in [5.41, 5.74) is 3.54. The van der Waals surface area contributed by atoms with Gasteiger partial charge in [-0.05, 0) is 42.1 Å². The molecule has 3 heterocycles. The molecule has 0 saturated carbocycles. The average molecular weight is 612 g/mol. The number of aromatic nitrogens is 3. The minimum Gasteiger partial charge on any atom is -0.506 e. The van der Waals surface area contributed by atoms with Crippen molar-refractivity contribution in [1.82, 2.24) is 14.5 Å². The quantitative estimate of drug-likeness (QED) is 0.238. The van der Waals surface area contributed by atoms with E-state index in [4.69, 9.17) is 4.74 Å². The van der Waals surface area contributed by atoms with Crippen LogP contribution in [0.2, 0.25) is 0 Å². The zero-order valence-electron chi connectivity index (χ0n) is 17.6. The van der Waals surface area contributed by atoms with Crippen molar-refractivity contribution in [2.45, 2.75) is 6.92 Å². The van der Waals surface area contributed by atoms with Gasteiger partial charge in [-0.1, -0.05) is 41.9 Å². The molecule has 0 unspecified atom stereocenters. The Morgan fingerprint density at radius 2 is 1.76 bits per heavy atom.